The highest BCUT2D eigenvalue weighted by Crippen LogP contribution is 2.33. The van der Waals surface area contributed by atoms with Crippen LogP contribution in [-0.4, -0.2) is 10.9 Å². The highest BCUT2D eigenvalue weighted by atomic mass is 35.5. The van der Waals surface area contributed by atoms with Crippen molar-refractivity contribution in [3.05, 3.63) is 51.4 Å². The summed E-state index contributed by atoms with van der Waals surface area (Å²) in [6.45, 7) is 1.76. The van der Waals surface area contributed by atoms with Crippen LogP contribution in [0.15, 0.2) is 24.4 Å². The van der Waals surface area contributed by atoms with E-state index in [4.69, 9.17) is 28.9 Å². The molecule has 0 aliphatic rings. The number of anilines is 2. The number of halogens is 3. The number of rotatable bonds is 2. The van der Waals surface area contributed by atoms with Gasteiger partial charge >= 0.3 is 0 Å². The van der Waals surface area contributed by atoms with Crippen molar-refractivity contribution in [1.29, 1.82) is 0 Å². The fourth-order valence-electron chi connectivity index (χ4n) is 1.59. The molecule has 0 unspecified atom stereocenters. The van der Waals surface area contributed by atoms with Gasteiger partial charge in [0.05, 0.1) is 21.3 Å². The summed E-state index contributed by atoms with van der Waals surface area (Å²) in [6.07, 6.45) is 1.24. The lowest BCUT2D eigenvalue weighted by molar-refractivity contribution is 0.102. The van der Waals surface area contributed by atoms with Crippen molar-refractivity contribution in [2.75, 3.05) is 11.1 Å². The molecule has 104 valence electrons. The number of benzene rings is 1. The summed E-state index contributed by atoms with van der Waals surface area (Å²) in [5.41, 5.74) is 6.05. The van der Waals surface area contributed by atoms with E-state index in [2.05, 4.69) is 10.3 Å². The molecule has 1 heterocycles. The quantitative estimate of drug-likeness (QED) is 0.888. The Morgan fingerprint density at radius 3 is 2.75 bits per heavy atom. The summed E-state index contributed by atoms with van der Waals surface area (Å²) < 4.78 is 13.7. The van der Waals surface area contributed by atoms with Crippen LogP contribution >= 0.6 is 23.2 Å². The second-order valence-electron chi connectivity index (χ2n) is 4.07. The standard InChI is InChI=1S/C13H10Cl2FN3O/c1-6-2-3-8(14)11(9(6)15)19-13(20)7-4-5-18-12(17)10(7)16/h2-5H,1H3,(H2,17,18)(H,19,20). The molecule has 0 aliphatic heterocycles. The molecule has 0 bridgehead atoms. The second-order valence-corrected chi connectivity index (χ2v) is 4.85. The number of nitrogens with one attached hydrogen (secondary N) is 1. The number of hydrogen-bond donors (Lipinski definition) is 2. The topological polar surface area (TPSA) is 68.0 Å². The zero-order valence-corrected chi connectivity index (χ0v) is 11.9. The van der Waals surface area contributed by atoms with E-state index in [0.717, 1.165) is 5.56 Å². The van der Waals surface area contributed by atoms with Gasteiger partial charge in [-0.3, -0.25) is 4.79 Å². The first-order valence-corrected chi connectivity index (χ1v) is 6.33. The van der Waals surface area contributed by atoms with Crippen molar-refractivity contribution < 1.29 is 9.18 Å². The average molecular weight is 314 g/mol. The van der Waals surface area contributed by atoms with Crippen LogP contribution in [-0.2, 0) is 0 Å². The maximum Gasteiger partial charge on any atom is 0.258 e. The van der Waals surface area contributed by atoms with E-state index in [1.807, 2.05) is 0 Å². The van der Waals surface area contributed by atoms with Gasteiger partial charge in [0.1, 0.15) is 0 Å². The number of aromatic nitrogens is 1. The van der Waals surface area contributed by atoms with E-state index >= 15 is 0 Å². The number of aryl methyl sites for hydroxylation is 1. The SMILES string of the molecule is Cc1ccc(Cl)c(NC(=O)c2ccnc(N)c2F)c1Cl. The van der Waals surface area contributed by atoms with Gasteiger partial charge in [0.2, 0.25) is 0 Å². The minimum atomic E-state index is -0.884. The lowest BCUT2D eigenvalue weighted by Gasteiger charge is -2.11. The Bertz CT molecular complexity index is 692. The van der Waals surface area contributed by atoms with Crippen molar-refractivity contribution in [3.63, 3.8) is 0 Å². The molecule has 0 saturated carbocycles. The molecule has 1 aromatic carbocycles. The Hall–Kier alpha value is -1.85. The maximum absolute atomic E-state index is 13.7. The molecule has 1 amide bonds. The number of nitrogens with zero attached hydrogens (tertiary/aromatic N) is 1. The normalized spacial score (nSPS) is 10.4. The molecule has 2 rings (SSSR count). The zero-order chi connectivity index (χ0) is 14.9. The first-order valence-electron chi connectivity index (χ1n) is 5.57. The number of nitrogens with two attached hydrogens (primary N) is 1. The third kappa shape index (κ3) is 2.69. The third-order valence-electron chi connectivity index (χ3n) is 2.68. The monoisotopic (exact) mass is 313 g/mol. The highest BCUT2D eigenvalue weighted by Gasteiger charge is 2.17. The predicted molar refractivity (Wildman–Crippen MR) is 77.8 cm³/mol. The van der Waals surface area contributed by atoms with Crippen LogP contribution in [0.5, 0.6) is 0 Å². The molecule has 2 aromatic rings. The fraction of sp³-hybridized carbons (Fsp3) is 0.0769. The van der Waals surface area contributed by atoms with E-state index in [0.29, 0.717) is 5.02 Å². The molecule has 3 N–H and O–H groups in total. The van der Waals surface area contributed by atoms with Crippen molar-refractivity contribution in [2.45, 2.75) is 6.92 Å². The summed E-state index contributed by atoms with van der Waals surface area (Å²) in [6, 6.07) is 4.53. The van der Waals surface area contributed by atoms with Crippen LogP contribution in [0.1, 0.15) is 15.9 Å². The summed E-state index contributed by atoms with van der Waals surface area (Å²) in [5, 5.41) is 3.04. The van der Waals surface area contributed by atoms with Crippen molar-refractivity contribution in [1.82, 2.24) is 4.98 Å². The van der Waals surface area contributed by atoms with Gasteiger partial charge in [-0.15, -0.1) is 0 Å². The van der Waals surface area contributed by atoms with Crippen molar-refractivity contribution in [3.8, 4) is 0 Å². The molecule has 0 radical (unpaired) electrons. The Morgan fingerprint density at radius 2 is 2.05 bits per heavy atom. The van der Waals surface area contributed by atoms with Crippen LogP contribution in [0.25, 0.3) is 0 Å². The molecule has 0 spiro atoms. The van der Waals surface area contributed by atoms with E-state index in [1.165, 1.54) is 12.3 Å². The lowest BCUT2D eigenvalue weighted by atomic mass is 10.2. The molecule has 4 nitrogen and oxygen atoms in total. The van der Waals surface area contributed by atoms with Crippen LogP contribution in [0.4, 0.5) is 15.9 Å². The third-order valence-corrected chi connectivity index (χ3v) is 3.49. The van der Waals surface area contributed by atoms with Crippen LogP contribution in [0, 0.1) is 12.7 Å². The minimum Gasteiger partial charge on any atom is -0.381 e. The van der Waals surface area contributed by atoms with E-state index in [9.17, 15) is 9.18 Å². The van der Waals surface area contributed by atoms with Gasteiger partial charge in [0, 0.05) is 6.20 Å². The van der Waals surface area contributed by atoms with Gasteiger partial charge in [-0.1, -0.05) is 29.3 Å². The first-order chi connectivity index (χ1) is 9.41. The smallest absolute Gasteiger partial charge is 0.258 e. The molecule has 7 heteroatoms. The summed E-state index contributed by atoms with van der Waals surface area (Å²) >= 11 is 12.0. The summed E-state index contributed by atoms with van der Waals surface area (Å²) in [5.74, 6) is -1.94. The molecule has 0 saturated heterocycles. The number of amides is 1. The van der Waals surface area contributed by atoms with Gasteiger partial charge in [-0.05, 0) is 24.6 Å². The van der Waals surface area contributed by atoms with Crippen LogP contribution < -0.4 is 11.1 Å². The minimum absolute atomic E-state index is 0.230. The Kier molecular flexibility index (Phi) is 4.11. The van der Waals surface area contributed by atoms with Crippen LogP contribution in [0.3, 0.4) is 0 Å². The largest absolute Gasteiger partial charge is 0.381 e. The number of pyridine rings is 1. The predicted octanol–water partition coefficient (Wildman–Crippen LogP) is 3.67. The molecule has 0 fully saturated rings. The van der Waals surface area contributed by atoms with Gasteiger partial charge in [-0.2, -0.15) is 0 Å². The van der Waals surface area contributed by atoms with E-state index in [1.54, 1.807) is 19.1 Å². The van der Waals surface area contributed by atoms with Gasteiger partial charge in [0.15, 0.2) is 11.6 Å². The van der Waals surface area contributed by atoms with Crippen molar-refractivity contribution in [2.24, 2.45) is 0 Å². The summed E-state index contributed by atoms with van der Waals surface area (Å²) in [7, 11) is 0. The second kappa shape index (κ2) is 5.64. The molecule has 0 aliphatic carbocycles. The van der Waals surface area contributed by atoms with Crippen LogP contribution in [0.2, 0.25) is 10.0 Å². The molecule has 0 atom stereocenters. The van der Waals surface area contributed by atoms with Gasteiger partial charge in [-0.25, -0.2) is 9.37 Å². The molecular weight excluding hydrogens is 304 g/mol. The number of carbonyl (C=O) groups is 1. The van der Waals surface area contributed by atoms with E-state index in [-0.39, 0.29) is 22.1 Å². The van der Waals surface area contributed by atoms with Gasteiger partial charge < -0.3 is 11.1 Å². The number of hydrogen-bond acceptors (Lipinski definition) is 3. The number of nitrogen functional groups attached to an aromatic ring is 1. The van der Waals surface area contributed by atoms with Crippen molar-refractivity contribution >= 4 is 40.6 Å². The Morgan fingerprint density at radius 1 is 1.35 bits per heavy atom. The fourth-order valence-corrected chi connectivity index (χ4v) is 2.05. The highest BCUT2D eigenvalue weighted by molar-refractivity contribution is 6.40. The number of carbonyl (C=O) groups excluding carboxylic acids is 1. The zero-order valence-electron chi connectivity index (χ0n) is 10.4. The molecule has 20 heavy (non-hydrogen) atoms. The average Bonchev–Trinajstić information content (AvgIpc) is 2.42. The first kappa shape index (κ1) is 14.6. The maximum atomic E-state index is 13.7. The molecular formula is C13H10Cl2FN3O. The molecule has 1 aromatic heterocycles. The lowest BCUT2D eigenvalue weighted by Crippen LogP contribution is -2.16. The Balaban J connectivity index is 2.38. The Labute approximate surface area is 124 Å². The van der Waals surface area contributed by atoms with Gasteiger partial charge in [0.25, 0.3) is 5.91 Å². The summed E-state index contributed by atoms with van der Waals surface area (Å²) in [4.78, 5) is 15.6. The van der Waals surface area contributed by atoms with E-state index < -0.39 is 11.7 Å².